The van der Waals surface area contributed by atoms with Crippen molar-refractivity contribution in [3.63, 3.8) is 0 Å². The SMILES string of the molecule is CC(=O)N(CCC(=O)NCCCN(C)C)CCc1ccc(Cl)cc1Cl. The average molecular weight is 388 g/mol. The molecule has 1 rings (SSSR count). The number of nitrogens with one attached hydrogen (secondary N) is 1. The van der Waals surface area contributed by atoms with Crippen LogP contribution in [0.1, 0.15) is 25.3 Å². The summed E-state index contributed by atoms with van der Waals surface area (Å²) in [6.07, 6.45) is 1.83. The molecule has 7 heteroatoms. The van der Waals surface area contributed by atoms with Crippen molar-refractivity contribution < 1.29 is 9.59 Å². The van der Waals surface area contributed by atoms with Crippen LogP contribution in [0, 0.1) is 0 Å². The first-order chi connectivity index (χ1) is 11.8. The number of hydrogen-bond acceptors (Lipinski definition) is 3. The van der Waals surface area contributed by atoms with Gasteiger partial charge < -0.3 is 15.1 Å². The minimum Gasteiger partial charge on any atom is -0.356 e. The van der Waals surface area contributed by atoms with Crippen LogP contribution >= 0.6 is 23.2 Å². The monoisotopic (exact) mass is 387 g/mol. The standard InChI is InChI=1S/C18H27Cl2N3O2/c1-14(24)23(11-7-15-5-6-16(19)13-17(15)20)12-8-18(25)21-9-4-10-22(2)3/h5-6,13H,4,7-12H2,1-3H3,(H,21,25). The van der Waals surface area contributed by atoms with Gasteiger partial charge in [-0.2, -0.15) is 0 Å². The fourth-order valence-electron chi connectivity index (χ4n) is 2.35. The van der Waals surface area contributed by atoms with E-state index in [4.69, 9.17) is 23.2 Å². The molecule has 0 saturated carbocycles. The normalized spacial score (nSPS) is 10.8. The highest BCUT2D eigenvalue weighted by Gasteiger charge is 2.12. The first kappa shape index (κ1) is 21.7. The van der Waals surface area contributed by atoms with Crippen molar-refractivity contribution in [3.05, 3.63) is 33.8 Å². The lowest BCUT2D eigenvalue weighted by Crippen LogP contribution is -2.35. The van der Waals surface area contributed by atoms with Gasteiger partial charge in [0.05, 0.1) is 0 Å². The maximum Gasteiger partial charge on any atom is 0.221 e. The first-order valence-electron chi connectivity index (χ1n) is 8.40. The van der Waals surface area contributed by atoms with Crippen LogP contribution in [0.15, 0.2) is 18.2 Å². The lowest BCUT2D eigenvalue weighted by atomic mass is 10.1. The minimum absolute atomic E-state index is 0.0328. The lowest BCUT2D eigenvalue weighted by Gasteiger charge is -2.21. The Labute approximate surface area is 160 Å². The van der Waals surface area contributed by atoms with E-state index in [1.165, 1.54) is 6.92 Å². The highest BCUT2D eigenvalue weighted by molar-refractivity contribution is 6.35. The summed E-state index contributed by atoms with van der Waals surface area (Å²) in [5, 5.41) is 4.06. The molecule has 0 fully saturated rings. The molecule has 0 radical (unpaired) electrons. The van der Waals surface area contributed by atoms with Crippen LogP contribution in [0.25, 0.3) is 0 Å². The van der Waals surface area contributed by atoms with Crippen LogP contribution in [0.3, 0.4) is 0 Å². The van der Waals surface area contributed by atoms with Gasteiger partial charge in [-0.15, -0.1) is 0 Å². The van der Waals surface area contributed by atoms with Crippen molar-refractivity contribution in [1.82, 2.24) is 15.1 Å². The van der Waals surface area contributed by atoms with E-state index in [0.29, 0.717) is 42.5 Å². The molecule has 2 amide bonds. The number of nitrogens with zero attached hydrogens (tertiary/aromatic N) is 2. The molecule has 5 nitrogen and oxygen atoms in total. The Morgan fingerprint density at radius 1 is 1.12 bits per heavy atom. The molecule has 0 spiro atoms. The van der Waals surface area contributed by atoms with Crippen LogP contribution in [-0.4, -0.2) is 61.9 Å². The number of rotatable bonds is 10. The maximum absolute atomic E-state index is 11.9. The number of carbonyl (C=O) groups is 2. The van der Waals surface area contributed by atoms with Gasteiger partial charge in [-0.05, 0) is 51.2 Å². The summed E-state index contributed by atoms with van der Waals surface area (Å²) >= 11 is 12.0. The summed E-state index contributed by atoms with van der Waals surface area (Å²) in [5.41, 5.74) is 0.936. The molecule has 140 valence electrons. The summed E-state index contributed by atoms with van der Waals surface area (Å²) in [6.45, 7) is 4.02. The molecular formula is C18H27Cl2N3O2. The van der Waals surface area contributed by atoms with Crippen LogP contribution in [0.5, 0.6) is 0 Å². The second-order valence-electron chi connectivity index (χ2n) is 6.25. The van der Waals surface area contributed by atoms with Crippen molar-refractivity contribution in [2.45, 2.75) is 26.2 Å². The van der Waals surface area contributed by atoms with Gasteiger partial charge >= 0.3 is 0 Å². The Morgan fingerprint density at radius 2 is 1.84 bits per heavy atom. The molecule has 0 unspecified atom stereocenters. The molecule has 0 aromatic heterocycles. The van der Waals surface area contributed by atoms with Crippen LogP contribution in [0.2, 0.25) is 10.0 Å². The quantitative estimate of drug-likeness (QED) is 0.628. The summed E-state index contributed by atoms with van der Waals surface area (Å²) in [7, 11) is 4.00. The van der Waals surface area contributed by atoms with Crippen molar-refractivity contribution in [3.8, 4) is 0 Å². The molecule has 0 aliphatic rings. The Bertz CT molecular complexity index is 579. The van der Waals surface area contributed by atoms with Crippen molar-refractivity contribution in [2.24, 2.45) is 0 Å². The van der Waals surface area contributed by atoms with Gasteiger partial charge in [-0.3, -0.25) is 9.59 Å². The fourth-order valence-corrected chi connectivity index (χ4v) is 2.86. The predicted molar refractivity (Wildman–Crippen MR) is 103 cm³/mol. The zero-order valence-corrected chi connectivity index (χ0v) is 16.7. The Hall–Kier alpha value is -1.30. The second kappa shape index (κ2) is 11.3. The van der Waals surface area contributed by atoms with E-state index in [0.717, 1.165) is 18.5 Å². The van der Waals surface area contributed by atoms with E-state index in [9.17, 15) is 9.59 Å². The third-order valence-corrected chi connectivity index (χ3v) is 4.41. The number of hydrogen-bond donors (Lipinski definition) is 1. The zero-order valence-electron chi connectivity index (χ0n) is 15.1. The summed E-state index contributed by atoms with van der Waals surface area (Å²) < 4.78 is 0. The van der Waals surface area contributed by atoms with E-state index in [1.807, 2.05) is 20.2 Å². The summed E-state index contributed by atoms with van der Waals surface area (Å²) in [6, 6.07) is 5.33. The van der Waals surface area contributed by atoms with Crippen molar-refractivity contribution >= 4 is 35.0 Å². The molecule has 1 N–H and O–H groups in total. The van der Waals surface area contributed by atoms with E-state index in [1.54, 1.807) is 17.0 Å². The molecule has 0 atom stereocenters. The number of carbonyl (C=O) groups excluding carboxylic acids is 2. The lowest BCUT2D eigenvalue weighted by molar-refractivity contribution is -0.129. The van der Waals surface area contributed by atoms with Crippen LogP contribution in [-0.2, 0) is 16.0 Å². The number of benzene rings is 1. The molecule has 0 heterocycles. The second-order valence-corrected chi connectivity index (χ2v) is 7.09. The minimum atomic E-state index is -0.0505. The molecule has 0 saturated heterocycles. The molecular weight excluding hydrogens is 361 g/mol. The molecule has 0 aliphatic heterocycles. The van der Waals surface area contributed by atoms with Crippen LogP contribution in [0.4, 0.5) is 0 Å². The molecule has 1 aromatic rings. The number of amides is 2. The third kappa shape index (κ3) is 9.10. The number of halogens is 2. The van der Waals surface area contributed by atoms with Gasteiger partial charge in [-0.25, -0.2) is 0 Å². The van der Waals surface area contributed by atoms with Crippen LogP contribution < -0.4 is 5.32 Å². The Balaban J connectivity index is 2.39. The fraction of sp³-hybridized carbons (Fsp3) is 0.556. The Kier molecular flexibility index (Phi) is 9.86. The smallest absolute Gasteiger partial charge is 0.221 e. The predicted octanol–water partition coefficient (Wildman–Crippen LogP) is 2.84. The molecule has 0 bridgehead atoms. The summed E-state index contributed by atoms with van der Waals surface area (Å²) in [4.78, 5) is 27.4. The largest absolute Gasteiger partial charge is 0.356 e. The van der Waals surface area contributed by atoms with Gasteiger partial charge in [0.15, 0.2) is 0 Å². The van der Waals surface area contributed by atoms with E-state index >= 15 is 0 Å². The van der Waals surface area contributed by atoms with Gasteiger partial charge in [0.25, 0.3) is 0 Å². The zero-order chi connectivity index (χ0) is 18.8. The Morgan fingerprint density at radius 3 is 2.44 bits per heavy atom. The van der Waals surface area contributed by atoms with E-state index in [-0.39, 0.29) is 11.8 Å². The third-order valence-electron chi connectivity index (χ3n) is 3.82. The maximum atomic E-state index is 11.9. The van der Waals surface area contributed by atoms with E-state index in [2.05, 4.69) is 10.2 Å². The molecule has 0 aliphatic carbocycles. The summed E-state index contributed by atoms with van der Waals surface area (Å²) in [5.74, 6) is -0.0833. The van der Waals surface area contributed by atoms with E-state index < -0.39 is 0 Å². The topological polar surface area (TPSA) is 52.7 Å². The van der Waals surface area contributed by atoms with Crippen molar-refractivity contribution in [1.29, 1.82) is 0 Å². The molecule has 25 heavy (non-hydrogen) atoms. The van der Waals surface area contributed by atoms with Gasteiger partial charge in [-0.1, -0.05) is 29.3 Å². The van der Waals surface area contributed by atoms with Crippen molar-refractivity contribution in [2.75, 3.05) is 40.3 Å². The molecule has 1 aromatic carbocycles. The highest BCUT2D eigenvalue weighted by atomic mass is 35.5. The average Bonchev–Trinajstić information content (AvgIpc) is 2.52. The van der Waals surface area contributed by atoms with Gasteiger partial charge in [0.2, 0.25) is 11.8 Å². The highest BCUT2D eigenvalue weighted by Crippen LogP contribution is 2.21. The van der Waals surface area contributed by atoms with Gasteiger partial charge in [0.1, 0.15) is 0 Å². The van der Waals surface area contributed by atoms with Gasteiger partial charge in [0, 0.05) is 43.0 Å². The first-order valence-corrected chi connectivity index (χ1v) is 9.16.